The molecule has 1 heterocycles. The third-order valence-electron chi connectivity index (χ3n) is 4.43. The normalized spacial score (nSPS) is 17.2. The molecule has 1 aromatic carbocycles. The van der Waals surface area contributed by atoms with Crippen molar-refractivity contribution in [3.05, 3.63) is 50.2 Å². The van der Waals surface area contributed by atoms with Gasteiger partial charge in [-0.3, -0.25) is 15.0 Å². The topological polar surface area (TPSA) is 102 Å². The van der Waals surface area contributed by atoms with Gasteiger partial charge in [0.15, 0.2) is 0 Å². The van der Waals surface area contributed by atoms with Gasteiger partial charge in [0.1, 0.15) is 5.02 Å². The van der Waals surface area contributed by atoms with E-state index in [0.717, 1.165) is 6.42 Å². The van der Waals surface area contributed by atoms with Crippen molar-refractivity contribution in [1.29, 1.82) is 0 Å². The molecular weight excluding hydrogens is 374 g/mol. The zero-order chi connectivity index (χ0) is 20.3. The number of nitrogens with one attached hydrogen (secondary N) is 1. The summed E-state index contributed by atoms with van der Waals surface area (Å²) in [5.74, 6) is -0.228. The zero-order valence-electron chi connectivity index (χ0n) is 15.6. The first kappa shape index (κ1) is 20.7. The van der Waals surface area contributed by atoms with Crippen molar-refractivity contribution in [3.8, 4) is 0 Å². The number of hydrogen-bond acceptors (Lipinski definition) is 5. The van der Waals surface area contributed by atoms with Crippen molar-refractivity contribution < 1.29 is 19.2 Å². The van der Waals surface area contributed by atoms with E-state index < -0.39 is 16.9 Å². The third kappa shape index (κ3) is 4.39. The molecule has 2 amide bonds. The summed E-state index contributed by atoms with van der Waals surface area (Å²) in [4.78, 5) is 37.1. The second-order valence-electron chi connectivity index (χ2n) is 6.68. The lowest BCUT2D eigenvalue weighted by atomic mass is 9.94. The van der Waals surface area contributed by atoms with Crippen molar-refractivity contribution in [2.75, 3.05) is 13.7 Å². The van der Waals surface area contributed by atoms with Gasteiger partial charge in [-0.05, 0) is 30.9 Å². The van der Waals surface area contributed by atoms with Crippen LogP contribution in [0.5, 0.6) is 0 Å². The zero-order valence-corrected chi connectivity index (χ0v) is 16.4. The number of nitro groups is 1. The molecule has 0 saturated carbocycles. The summed E-state index contributed by atoms with van der Waals surface area (Å²) in [5.41, 5.74) is 0.779. The molecule has 1 N–H and O–H groups in total. The van der Waals surface area contributed by atoms with Crippen LogP contribution in [0.2, 0.25) is 5.02 Å². The molecule has 1 unspecified atom stereocenters. The number of nitrogens with zero attached hydrogens (tertiary/aromatic N) is 2. The van der Waals surface area contributed by atoms with E-state index in [1.807, 2.05) is 13.8 Å². The molecule has 1 aromatic rings. The minimum Gasteiger partial charge on any atom is -0.466 e. The molecule has 9 heteroatoms. The number of hydrogen-bond donors (Lipinski definition) is 1. The van der Waals surface area contributed by atoms with Crippen LogP contribution in [-0.2, 0) is 9.53 Å². The van der Waals surface area contributed by atoms with Crippen molar-refractivity contribution >= 4 is 29.3 Å². The van der Waals surface area contributed by atoms with Gasteiger partial charge in [-0.25, -0.2) is 9.59 Å². The number of amides is 2. The number of methoxy groups -OCH3 is 1. The lowest BCUT2D eigenvalue weighted by Crippen LogP contribution is -2.48. The SMILES string of the molecule is COC(=O)C1=C(C)N(CCC(C)C)C(=O)NC1c1ccc(Cl)c([N+](=O)[O-])c1. The Labute approximate surface area is 162 Å². The monoisotopic (exact) mass is 395 g/mol. The molecule has 1 aliphatic rings. The Morgan fingerprint density at radius 2 is 2.11 bits per heavy atom. The van der Waals surface area contributed by atoms with Crippen LogP contribution < -0.4 is 5.32 Å². The summed E-state index contributed by atoms with van der Waals surface area (Å²) in [6.07, 6.45) is 0.760. The highest BCUT2D eigenvalue weighted by molar-refractivity contribution is 6.32. The first-order chi connectivity index (χ1) is 12.7. The van der Waals surface area contributed by atoms with Gasteiger partial charge in [-0.15, -0.1) is 0 Å². The van der Waals surface area contributed by atoms with E-state index in [-0.39, 0.29) is 22.3 Å². The minimum absolute atomic E-state index is 0.0234. The molecule has 27 heavy (non-hydrogen) atoms. The van der Waals surface area contributed by atoms with Gasteiger partial charge >= 0.3 is 12.0 Å². The summed E-state index contributed by atoms with van der Waals surface area (Å²) < 4.78 is 4.89. The maximum absolute atomic E-state index is 12.6. The molecule has 0 aromatic heterocycles. The maximum Gasteiger partial charge on any atom is 0.337 e. The maximum atomic E-state index is 12.6. The quantitative estimate of drug-likeness (QED) is 0.448. The van der Waals surface area contributed by atoms with E-state index in [1.165, 1.54) is 24.1 Å². The lowest BCUT2D eigenvalue weighted by Gasteiger charge is -2.35. The molecule has 0 fully saturated rings. The molecule has 1 aliphatic heterocycles. The fourth-order valence-corrected chi connectivity index (χ4v) is 3.10. The van der Waals surface area contributed by atoms with Crippen LogP contribution in [0.15, 0.2) is 29.5 Å². The van der Waals surface area contributed by atoms with E-state index in [9.17, 15) is 19.7 Å². The molecule has 0 radical (unpaired) electrons. The Kier molecular flexibility index (Phi) is 6.43. The molecule has 0 aliphatic carbocycles. The number of benzene rings is 1. The third-order valence-corrected chi connectivity index (χ3v) is 4.75. The largest absolute Gasteiger partial charge is 0.466 e. The van der Waals surface area contributed by atoms with Crippen LogP contribution in [-0.4, -0.2) is 35.5 Å². The van der Waals surface area contributed by atoms with E-state index in [1.54, 1.807) is 13.0 Å². The minimum atomic E-state index is -0.865. The fourth-order valence-electron chi connectivity index (χ4n) is 2.91. The van der Waals surface area contributed by atoms with Crippen LogP contribution >= 0.6 is 11.6 Å². The Morgan fingerprint density at radius 3 is 2.67 bits per heavy atom. The first-order valence-electron chi connectivity index (χ1n) is 8.48. The van der Waals surface area contributed by atoms with Crippen LogP contribution in [0.3, 0.4) is 0 Å². The van der Waals surface area contributed by atoms with E-state index in [4.69, 9.17) is 16.3 Å². The van der Waals surface area contributed by atoms with Gasteiger partial charge in [0.25, 0.3) is 5.69 Å². The average molecular weight is 396 g/mol. The van der Waals surface area contributed by atoms with Crippen LogP contribution in [0.4, 0.5) is 10.5 Å². The molecule has 1 atom stereocenters. The number of carbonyl (C=O) groups excluding carboxylic acids is 2. The Hall–Kier alpha value is -2.61. The summed E-state index contributed by atoms with van der Waals surface area (Å²) in [6.45, 7) is 6.20. The lowest BCUT2D eigenvalue weighted by molar-refractivity contribution is -0.384. The number of allylic oxidation sites excluding steroid dienone is 1. The highest BCUT2D eigenvalue weighted by Gasteiger charge is 2.36. The second-order valence-corrected chi connectivity index (χ2v) is 7.08. The summed E-state index contributed by atoms with van der Waals surface area (Å²) in [7, 11) is 1.25. The van der Waals surface area contributed by atoms with Crippen LogP contribution in [0.25, 0.3) is 0 Å². The standard InChI is InChI=1S/C18H22ClN3O5/c1-10(2)7-8-21-11(3)15(17(23)27-4)16(20-18(21)24)12-5-6-13(19)14(9-12)22(25)26/h5-6,9-10,16H,7-8H2,1-4H3,(H,20,24). The number of halogens is 1. The van der Waals surface area contributed by atoms with Crippen LogP contribution in [0.1, 0.15) is 38.8 Å². The second kappa shape index (κ2) is 8.39. The number of rotatable bonds is 6. The van der Waals surface area contributed by atoms with Gasteiger partial charge in [-0.1, -0.05) is 31.5 Å². The Morgan fingerprint density at radius 1 is 1.44 bits per heavy atom. The van der Waals surface area contributed by atoms with Gasteiger partial charge in [-0.2, -0.15) is 0 Å². The molecule has 2 rings (SSSR count). The average Bonchev–Trinajstić information content (AvgIpc) is 2.60. The molecule has 0 spiro atoms. The molecule has 0 saturated heterocycles. The summed E-state index contributed by atoms with van der Waals surface area (Å²) in [6, 6.07) is 2.93. The fraction of sp³-hybridized carbons (Fsp3) is 0.444. The van der Waals surface area contributed by atoms with Crippen LogP contribution in [0, 0.1) is 16.0 Å². The highest BCUT2D eigenvalue weighted by atomic mass is 35.5. The van der Waals surface area contributed by atoms with Gasteiger partial charge in [0.2, 0.25) is 0 Å². The van der Waals surface area contributed by atoms with E-state index in [2.05, 4.69) is 5.32 Å². The molecular formula is C18H22ClN3O5. The van der Waals surface area contributed by atoms with Crippen molar-refractivity contribution in [3.63, 3.8) is 0 Å². The van der Waals surface area contributed by atoms with Crippen molar-refractivity contribution in [1.82, 2.24) is 10.2 Å². The molecule has 8 nitrogen and oxygen atoms in total. The first-order valence-corrected chi connectivity index (χ1v) is 8.86. The van der Waals surface area contributed by atoms with E-state index >= 15 is 0 Å². The number of urea groups is 1. The number of carbonyl (C=O) groups is 2. The van der Waals surface area contributed by atoms with Crippen molar-refractivity contribution in [2.45, 2.75) is 33.2 Å². The van der Waals surface area contributed by atoms with E-state index in [0.29, 0.717) is 23.7 Å². The smallest absolute Gasteiger partial charge is 0.337 e. The Balaban J connectivity index is 2.53. The molecule has 0 bridgehead atoms. The Bertz CT molecular complexity index is 806. The number of ether oxygens (including phenoxy) is 1. The van der Waals surface area contributed by atoms with Crippen molar-refractivity contribution in [2.24, 2.45) is 5.92 Å². The molecule has 146 valence electrons. The summed E-state index contributed by atoms with van der Waals surface area (Å²) in [5, 5.41) is 13.9. The summed E-state index contributed by atoms with van der Waals surface area (Å²) >= 11 is 5.87. The van der Waals surface area contributed by atoms with Gasteiger partial charge < -0.3 is 10.1 Å². The van der Waals surface area contributed by atoms with Gasteiger partial charge in [0, 0.05) is 18.3 Å². The number of esters is 1. The number of nitro benzene ring substituents is 1. The van der Waals surface area contributed by atoms with Gasteiger partial charge in [0.05, 0.1) is 23.6 Å². The highest BCUT2D eigenvalue weighted by Crippen LogP contribution is 2.35. The predicted molar refractivity (Wildman–Crippen MR) is 100 cm³/mol. The predicted octanol–water partition coefficient (Wildman–Crippen LogP) is 3.81.